The summed E-state index contributed by atoms with van der Waals surface area (Å²) >= 11 is 0. The number of amides is 1. The van der Waals surface area contributed by atoms with Crippen molar-refractivity contribution in [3.05, 3.63) is 31.0 Å². The summed E-state index contributed by atoms with van der Waals surface area (Å²) in [5.41, 5.74) is 7.24. The number of unbranched alkanes of at least 4 members (excludes halogenated alkanes) is 1. The number of carbonyl (C=O) groups excluding carboxylic acids is 1. The largest absolute Gasteiger partial charge is 0.480 e. The molecule has 3 aromatic heterocycles. The van der Waals surface area contributed by atoms with Crippen molar-refractivity contribution in [2.75, 3.05) is 6.54 Å². The highest BCUT2D eigenvalue weighted by Gasteiger charge is 2.27. The second-order valence-corrected chi connectivity index (χ2v) is 8.95. The molecule has 1 amide bonds. The maximum atomic E-state index is 12.9. The smallest absolute Gasteiger partial charge is 0.327 e. The molecule has 0 aromatic carbocycles. The van der Waals surface area contributed by atoms with E-state index in [1.807, 2.05) is 10.9 Å². The molecule has 4 rings (SSSR count). The molecule has 1 aliphatic carbocycles. The Labute approximate surface area is 215 Å². The van der Waals surface area contributed by atoms with Gasteiger partial charge in [0.05, 0.1) is 30.4 Å². The number of hydrogen-bond acceptors (Lipinski definition) is 7. The van der Waals surface area contributed by atoms with Crippen molar-refractivity contribution in [1.29, 1.82) is 5.26 Å². The molecule has 3 aromatic rings. The standard InChI is InChI=1S/C24H30N8O3.ClH/c25-10-4-3-7-19(23(33)34)30-24(35)31-12-9-18-21(27-15-28-22(18)31)17-13-29-32(14-17)20(8-11-26)16-5-1-2-6-16;/h9,12-16,19-20H,1-8,10,25H2,(H,30,35)(H,33,34);1H/t19-,20+;/m0./s1. The molecule has 0 unspecified atom stereocenters. The van der Waals surface area contributed by atoms with Gasteiger partial charge in [0, 0.05) is 23.3 Å². The van der Waals surface area contributed by atoms with Crippen molar-refractivity contribution >= 4 is 35.4 Å². The molecule has 12 heteroatoms. The molecule has 2 atom stereocenters. The fraction of sp³-hybridized carbons (Fsp3) is 0.500. The molecule has 11 nitrogen and oxygen atoms in total. The summed E-state index contributed by atoms with van der Waals surface area (Å²) in [5, 5.41) is 26.6. The van der Waals surface area contributed by atoms with E-state index in [9.17, 15) is 20.0 Å². The molecule has 3 heterocycles. The van der Waals surface area contributed by atoms with Crippen LogP contribution in [0.4, 0.5) is 4.79 Å². The molecule has 4 N–H and O–H groups in total. The highest BCUT2D eigenvalue weighted by molar-refractivity contribution is 5.97. The number of nitrogens with two attached hydrogens (primary N) is 1. The van der Waals surface area contributed by atoms with E-state index < -0.39 is 18.0 Å². The maximum absolute atomic E-state index is 12.9. The lowest BCUT2D eigenvalue weighted by atomic mass is 9.96. The van der Waals surface area contributed by atoms with Gasteiger partial charge in [0.25, 0.3) is 0 Å². The number of nitrogens with one attached hydrogen (secondary N) is 1. The normalized spacial score (nSPS) is 15.2. The van der Waals surface area contributed by atoms with E-state index >= 15 is 0 Å². The highest BCUT2D eigenvalue weighted by Crippen LogP contribution is 2.36. The Hall–Kier alpha value is -3.49. The average molecular weight is 515 g/mol. The maximum Gasteiger partial charge on any atom is 0.327 e. The number of fused-ring (bicyclic) bond motifs is 1. The van der Waals surface area contributed by atoms with Crippen LogP contribution in [0.3, 0.4) is 0 Å². The van der Waals surface area contributed by atoms with Crippen LogP contribution in [0.25, 0.3) is 22.3 Å². The molecular formula is C24H31ClN8O3. The lowest BCUT2D eigenvalue weighted by molar-refractivity contribution is -0.139. The Morgan fingerprint density at radius 3 is 2.75 bits per heavy atom. The second kappa shape index (κ2) is 12.5. The molecule has 192 valence electrons. The molecule has 36 heavy (non-hydrogen) atoms. The summed E-state index contributed by atoms with van der Waals surface area (Å²) in [4.78, 5) is 33.2. The fourth-order valence-electron chi connectivity index (χ4n) is 4.87. The minimum Gasteiger partial charge on any atom is -0.480 e. The number of carboxylic acid groups (broad SMARTS) is 1. The Morgan fingerprint density at radius 2 is 2.06 bits per heavy atom. The van der Waals surface area contributed by atoms with Crippen molar-refractivity contribution in [3.8, 4) is 17.3 Å². The summed E-state index contributed by atoms with van der Waals surface area (Å²) in [7, 11) is 0. The quantitative estimate of drug-likeness (QED) is 0.346. The summed E-state index contributed by atoms with van der Waals surface area (Å²) in [5.74, 6) is -0.659. The minimum absolute atomic E-state index is 0. The number of hydrogen-bond donors (Lipinski definition) is 3. The zero-order chi connectivity index (χ0) is 24.8. The molecule has 1 saturated carbocycles. The van der Waals surface area contributed by atoms with Crippen LogP contribution in [0.2, 0.25) is 0 Å². The molecule has 0 saturated heterocycles. The fourth-order valence-corrected chi connectivity index (χ4v) is 4.87. The van der Waals surface area contributed by atoms with Gasteiger partial charge >= 0.3 is 12.0 Å². The summed E-state index contributed by atoms with van der Waals surface area (Å²) in [6.45, 7) is 0.469. The topological polar surface area (TPSA) is 165 Å². The summed E-state index contributed by atoms with van der Waals surface area (Å²) in [6.07, 6.45) is 13.1. The minimum atomic E-state index is -1.09. The van der Waals surface area contributed by atoms with Crippen molar-refractivity contribution in [1.82, 2.24) is 29.6 Å². The van der Waals surface area contributed by atoms with Gasteiger partial charge in [0.1, 0.15) is 12.4 Å². The second-order valence-electron chi connectivity index (χ2n) is 8.95. The average Bonchev–Trinajstić information content (AvgIpc) is 3.62. The molecule has 0 bridgehead atoms. The third kappa shape index (κ3) is 5.83. The number of rotatable bonds is 10. The van der Waals surface area contributed by atoms with Gasteiger partial charge in [-0.05, 0) is 50.6 Å². The SMILES string of the molecule is Cl.N#CC[C@H](C1CCCC1)n1cc(-c2ncnc3c2ccn3C(=O)N[C@@H](CCCCN)C(=O)O)cn1. The monoisotopic (exact) mass is 514 g/mol. The molecule has 0 radical (unpaired) electrons. The number of nitrogens with zero attached hydrogens (tertiary/aromatic N) is 6. The Kier molecular flexibility index (Phi) is 9.38. The first-order valence-electron chi connectivity index (χ1n) is 12.0. The number of carbonyl (C=O) groups is 2. The zero-order valence-electron chi connectivity index (χ0n) is 19.9. The molecule has 1 fully saturated rings. The number of aliphatic carboxylic acids is 1. The lowest BCUT2D eigenvalue weighted by Gasteiger charge is -2.21. The van der Waals surface area contributed by atoms with Crippen molar-refractivity contribution in [2.24, 2.45) is 11.7 Å². The van der Waals surface area contributed by atoms with Gasteiger partial charge in [0.15, 0.2) is 5.65 Å². The number of aromatic nitrogens is 5. The van der Waals surface area contributed by atoms with Crippen molar-refractivity contribution in [3.63, 3.8) is 0 Å². The highest BCUT2D eigenvalue weighted by atomic mass is 35.5. The number of halogens is 1. The molecule has 1 aliphatic rings. The van der Waals surface area contributed by atoms with Crippen LogP contribution in [0.5, 0.6) is 0 Å². The Bertz CT molecular complexity index is 1230. The van der Waals surface area contributed by atoms with Gasteiger partial charge in [-0.2, -0.15) is 10.4 Å². The van der Waals surface area contributed by atoms with Crippen LogP contribution < -0.4 is 11.1 Å². The van der Waals surface area contributed by atoms with E-state index in [2.05, 4.69) is 26.5 Å². The zero-order valence-corrected chi connectivity index (χ0v) is 20.7. The molecule has 0 spiro atoms. The predicted octanol–water partition coefficient (Wildman–Crippen LogP) is 3.50. The lowest BCUT2D eigenvalue weighted by Crippen LogP contribution is -2.42. The predicted molar refractivity (Wildman–Crippen MR) is 135 cm³/mol. The van der Waals surface area contributed by atoms with E-state index in [0.29, 0.717) is 54.9 Å². The van der Waals surface area contributed by atoms with Crippen molar-refractivity contribution in [2.45, 2.75) is 63.5 Å². The van der Waals surface area contributed by atoms with Gasteiger partial charge in [-0.25, -0.2) is 19.6 Å². The van der Waals surface area contributed by atoms with Crippen LogP contribution in [-0.2, 0) is 4.79 Å². The first kappa shape index (κ1) is 27.1. The van der Waals surface area contributed by atoms with Gasteiger partial charge in [0.2, 0.25) is 0 Å². The van der Waals surface area contributed by atoms with Gasteiger partial charge in [-0.15, -0.1) is 12.4 Å². The number of carboxylic acids is 1. The van der Waals surface area contributed by atoms with E-state index in [4.69, 9.17) is 5.73 Å². The Balaban J connectivity index is 0.00000361. The van der Waals surface area contributed by atoms with E-state index in [0.717, 1.165) is 18.4 Å². The van der Waals surface area contributed by atoms with Gasteiger partial charge in [-0.1, -0.05) is 12.8 Å². The van der Waals surface area contributed by atoms with E-state index in [1.165, 1.54) is 23.7 Å². The third-order valence-corrected chi connectivity index (χ3v) is 6.70. The number of nitriles is 1. The summed E-state index contributed by atoms with van der Waals surface area (Å²) in [6, 6.07) is 2.46. The van der Waals surface area contributed by atoms with Crippen LogP contribution in [0, 0.1) is 17.2 Å². The first-order chi connectivity index (χ1) is 17.0. The Morgan fingerprint density at radius 1 is 1.28 bits per heavy atom. The molecule has 0 aliphatic heterocycles. The van der Waals surface area contributed by atoms with Crippen molar-refractivity contribution < 1.29 is 14.7 Å². The van der Waals surface area contributed by atoms with E-state index in [-0.39, 0.29) is 18.4 Å². The summed E-state index contributed by atoms with van der Waals surface area (Å²) < 4.78 is 3.16. The third-order valence-electron chi connectivity index (χ3n) is 6.70. The van der Waals surface area contributed by atoms with Crippen LogP contribution in [-0.4, -0.2) is 54.0 Å². The van der Waals surface area contributed by atoms with Gasteiger partial charge < -0.3 is 16.2 Å². The van der Waals surface area contributed by atoms with Gasteiger partial charge in [-0.3, -0.25) is 9.25 Å². The van der Waals surface area contributed by atoms with Crippen LogP contribution in [0.1, 0.15) is 57.4 Å². The van der Waals surface area contributed by atoms with E-state index in [1.54, 1.807) is 18.5 Å². The van der Waals surface area contributed by atoms with Crippen LogP contribution >= 0.6 is 12.4 Å². The first-order valence-corrected chi connectivity index (χ1v) is 12.0. The van der Waals surface area contributed by atoms with Crippen LogP contribution in [0.15, 0.2) is 31.0 Å². The molecular weight excluding hydrogens is 484 g/mol.